The zero-order valence-corrected chi connectivity index (χ0v) is 30.7. The molecule has 16 heteroatoms. The van der Waals surface area contributed by atoms with Gasteiger partial charge in [0.1, 0.15) is 17.8 Å². The van der Waals surface area contributed by atoms with Gasteiger partial charge in [-0.3, -0.25) is 9.59 Å². The van der Waals surface area contributed by atoms with Crippen molar-refractivity contribution < 1.29 is 63.7 Å². The Bertz CT molecular complexity index is 1710. The molecule has 6 fully saturated rings. The number of hydroxylamine groups is 2. The van der Waals surface area contributed by atoms with Crippen LogP contribution >= 0.6 is 0 Å². The van der Waals surface area contributed by atoms with Gasteiger partial charge in [-0.1, -0.05) is 45.4 Å². The van der Waals surface area contributed by atoms with Crippen molar-refractivity contribution in [3.8, 4) is 0 Å². The average Bonchev–Trinajstić information content (AvgIpc) is 3.96. The number of esters is 3. The Morgan fingerprint density at radius 2 is 1.58 bits per heavy atom. The summed E-state index contributed by atoms with van der Waals surface area (Å²) in [6.45, 7) is 18.6. The molecule has 0 aromatic carbocycles. The number of nitrogens with zero attached hydrogens (tertiary/aromatic N) is 1. The summed E-state index contributed by atoms with van der Waals surface area (Å²) in [5.41, 5.74) is 0.599. The van der Waals surface area contributed by atoms with Crippen LogP contribution in [0, 0.1) is 41.4 Å². The van der Waals surface area contributed by atoms with E-state index in [1.54, 1.807) is 19.9 Å². The summed E-state index contributed by atoms with van der Waals surface area (Å²) in [6, 6.07) is 0. The van der Waals surface area contributed by atoms with Crippen LogP contribution < -0.4 is 0 Å². The van der Waals surface area contributed by atoms with Gasteiger partial charge in [-0.25, -0.2) is 9.59 Å². The predicted octanol–water partition coefficient (Wildman–Crippen LogP) is 6.34. The molecule has 2 aliphatic heterocycles. The number of carbonyl (C=O) groups is 4. The van der Waals surface area contributed by atoms with E-state index in [1.165, 1.54) is 12.8 Å². The van der Waals surface area contributed by atoms with E-state index in [1.807, 2.05) is 6.08 Å². The number of ether oxygens (including phenoxy) is 3. The zero-order chi connectivity index (χ0) is 39.4. The molecule has 2 heterocycles. The van der Waals surface area contributed by atoms with Crippen LogP contribution in [0.25, 0.3) is 0 Å². The van der Waals surface area contributed by atoms with Gasteiger partial charge in [0.2, 0.25) is 0 Å². The van der Waals surface area contributed by atoms with Crippen LogP contribution in [-0.4, -0.2) is 66.3 Å². The molecule has 4 bridgehead atoms. The van der Waals surface area contributed by atoms with Gasteiger partial charge >= 0.3 is 39.2 Å². The van der Waals surface area contributed by atoms with E-state index >= 15 is 0 Å². The van der Waals surface area contributed by atoms with Crippen LogP contribution in [0.2, 0.25) is 0 Å². The zero-order valence-electron chi connectivity index (χ0n) is 29.9. The largest absolute Gasteiger partial charge is 0.458 e. The fraction of sp³-hybridized carbons (Fsp3) is 0.622. The maximum Gasteiger partial charge on any atom is 0.437 e. The minimum atomic E-state index is -6.16. The molecular weight excluding hydrogens is 726 g/mol. The number of rotatable bonds is 10. The van der Waals surface area contributed by atoms with Crippen LogP contribution in [0.1, 0.15) is 72.1 Å². The summed E-state index contributed by atoms with van der Waals surface area (Å²) in [4.78, 5) is 46.6. The van der Waals surface area contributed by atoms with E-state index < -0.39 is 45.1 Å². The Labute approximate surface area is 306 Å². The molecule has 7 rings (SSSR count). The summed E-state index contributed by atoms with van der Waals surface area (Å²) in [5, 5.41) is -5.47. The smallest absolute Gasteiger partial charge is 0.437 e. The Morgan fingerprint density at radius 1 is 1.00 bits per heavy atom. The molecule has 0 aromatic heterocycles. The molecule has 2 saturated heterocycles. The molecule has 11 nitrogen and oxygen atoms in total. The highest BCUT2D eigenvalue weighted by molar-refractivity contribution is 7.87. The third-order valence-electron chi connectivity index (χ3n) is 11.5. The van der Waals surface area contributed by atoms with Crippen LogP contribution in [-0.2, 0) is 47.8 Å². The molecule has 0 spiro atoms. The van der Waals surface area contributed by atoms with E-state index in [4.69, 9.17) is 14.2 Å². The molecule has 53 heavy (non-hydrogen) atoms. The highest BCUT2D eigenvalue weighted by Gasteiger charge is 2.68. The Hall–Kier alpha value is -3.79. The predicted molar refractivity (Wildman–Crippen MR) is 180 cm³/mol. The molecule has 9 atom stereocenters. The van der Waals surface area contributed by atoms with Crippen molar-refractivity contribution in [2.75, 3.05) is 0 Å². The van der Waals surface area contributed by atoms with Crippen LogP contribution in [0.3, 0.4) is 0 Å². The molecule has 7 aliphatic rings. The van der Waals surface area contributed by atoms with E-state index in [2.05, 4.69) is 37.5 Å². The number of hydrogen-bond donors (Lipinski definition) is 0. The second kappa shape index (κ2) is 14.5. The standard InChI is InChI=1S/C14H13F4NO4S.C12H14O4.C11H18O2/c1-3-13(15,16)14(17,18)24(21,22)23-19-7(2)10-8-4-5-9(6-8)11(10)12(19)20;1-5(2)11(13)15-9-6-3-7-8(4-6)12(14)16-10(7)9;1-4-11(7-5-6-8-11)13-10(12)9(2)3/h3-5,8-11H,1-2,6H2;6-10H,1,3-4H2,2H3;2,4-8H2,1,3H3. The van der Waals surface area contributed by atoms with Gasteiger partial charge < -0.3 is 14.2 Å². The Kier molecular flexibility index (Phi) is 11.0. The summed E-state index contributed by atoms with van der Waals surface area (Å²) < 4.78 is 97.2. The maximum absolute atomic E-state index is 13.6. The lowest BCUT2D eigenvalue weighted by Crippen LogP contribution is -2.48. The molecule has 0 N–H and O–H groups in total. The maximum atomic E-state index is 13.6. The van der Waals surface area contributed by atoms with Crippen molar-refractivity contribution in [2.45, 2.75) is 101 Å². The number of halogens is 4. The first kappa shape index (κ1) is 40.4. The lowest BCUT2D eigenvalue weighted by Gasteiger charge is -2.27. The van der Waals surface area contributed by atoms with Crippen LogP contribution in [0.5, 0.6) is 0 Å². The SMILES string of the molecule is C=C(C)C(=O)OC1(CC)CCCC1.C=C(C)C(=O)OC1C2CC3C(=O)OC1C3C2.C=CC(F)(F)C(F)(F)S(=O)(=O)ON1C(=C)C2C3C=CC(C3)C2C1=O. The molecule has 4 saturated carbocycles. The first-order valence-corrected chi connectivity index (χ1v) is 19.0. The molecular formula is C37H45F4NO10S. The van der Waals surface area contributed by atoms with E-state index in [0.29, 0.717) is 23.5 Å². The number of hydrogen-bond acceptors (Lipinski definition) is 10. The van der Waals surface area contributed by atoms with Crippen molar-refractivity contribution in [1.29, 1.82) is 0 Å². The first-order chi connectivity index (χ1) is 24.6. The fourth-order valence-corrected chi connectivity index (χ4v) is 9.54. The molecule has 0 aromatic rings. The number of alkyl halides is 4. The van der Waals surface area contributed by atoms with E-state index in [-0.39, 0.29) is 70.1 Å². The molecule has 5 aliphatic carbocycles. The van der Waals surface area contributed by atoms with Gasteiger partial charge in [0.05, 0.1) is 11.8 Å². The molecule has 0 radical (unpaired) electrons. The van der Waals surface area contributed by atoms with Crippen molar-refractivity contribution in [1.82, 2.24) is 5.06 Å². The van der Waals surface area contributed by atoms with Gasteiger partial charge in [-0.05, 0) is 83.1 Å². The van der Waals surface area contributed by atoms with Crippen molar-refractivity contribution >= 4 is 33.9 Å². The quantitative estimate of drug-likeness (QED) is 0.0812. The second-order valence-corrected chi connectivity index (χ2v) is 16.5. The van der Waals surface area contributed by atoms with E-state index in [9.17, 15) is 45.2 Å². The minimum Gasteiger partial charge on any atom is -0.458 e. The molecule has 9 unspecified atom stereocenters. The minimum absolute atomic E-state index is 0.0646. The van der Waals surface area contributed by atoms with Gasteiger partial charge in [-0.2, -0.15) is 31.0 Å². The van der Waals surface area contributed by atoms with Crippen molar-refractivity contribution in [3.63, 3.8) is 0 Å². The summed E-state index contributed by atoms with van der Waals surface area (Å²) in [6.07, 6.45) is 10.4. The second-order valence-electron chi connectivity index (χ2n) is 15.0. The van der Waals surface area contributed by atoms with Gasteiger partial charge in [-0.15, -0.1) is 4.28 Å². The third-order valence-corrected chi connectivity index (χ3v) is 12.8. The highest BCUT2D eigenvalue weighted by atomic mass is 32.2. The van der Waals surface area contributed by atoms with Gasteiger partial charge in [0, 0.05) is 34.6 Å². The number of amides is 1. The Morgan fingerprint density at radius 3 is 2.11 bits per heavy atom. The fourth-order valence-electron chi connectivity index (χ4n) is 8.66. The molecule has 292 valence electrons. The normalized spacial score (nSPS) is 32.7. The molecule has 1 amide bonds. The van der Waals surface area contributed by atoms with E-state index in [0.717, 1.165) is 32.1 Å². The number of fused-ring (bicyclic) bond motifs is 6. The summed E-state index contributed by atoms with van der Waals surface area (Å²) >= 11 is 0. The Balaban J connectivity index is 0.000000162. The number of carbonyl (C=O) groups excluding carboxylic acids is 4. The third kappa shape index (κ3) is 7.12. The lowest BCUT2D eigenvalue weighted by atomic mass is 9.84. The topological polar surface area (TPSA) is 143 Å². The van der Waals surface area contributed by atoms with Gasteiger partial charge in [0.25, 0.3) is 5.91 Å². The van der Waals surface area contributed by atoms with Crippen molar-refractivity contribution in [3.05, 3.63) is 61.4 Å². The average molecular weight is 772 g/mol. The monoisotopic (exact) mass is 771 g/mol. The first-order valence-electron chi connectivity index (χ1n) is 17.6. The lowest BCUT2D eigenvalue weighted by molar-refractivity contribution is -0.158. The highest BCUT2D eigenvalue weighted by Crippen LogP contribution is 2.57. The van der Waals surface area contributed by atoms with Crippen LogP contribution in [0.4, 0.5) is 17.6 Å². The van der Waals surface area contributed by atoms with Crippen molar-refractivity contribution in [2.24, 2.45) is 41.4 Å². The van der Waals surface area contributed by atoms with Gasteiger partial charge in [0.15, 0.2) is 0 Å². The number of allylic oxidation sites excluding steroid dienone is 4. The summed E-state index contributed by atoms with van der Waals surface area (Å²) in [7, 11) is -6.16. The summed E-state index contributed by atoms with van der Waals surface area (Å²) in [5.74, 6) is -7.40. The van der Waals surface area contributed by atoms with Crippen LogP contribution in [0.15, 0.2) is 61.4 Å².